The van der Waals surface area contributed by atoms with Crippen LogP contribution in [0.15, 0.2) is 55.1 Å². The van der Waals surface area contributed by atoms with Gasteiger partial charge in [-0.2, -0.15) is 0 Å². The first kappa shape index (κ1) is 16.9. The summed E-state index contributed by atoms with van der Waals surface area (Å²) in [5.41, 5.74) is 2.81. The minimum atomic E-state index is -0.652. The molecule has 1 N–H and O–H groups in total. The second-order valence-corrected chi connectivity index (χ2v) is 6.01. The number of nitrogens with one attached hydrogen (secondary N) is 1. The third-order valence-corrected chi connectivity index (χ3v) is 4.37. The lowest BCUT2D eigenvalue weighted by molar-refractivity contribution is -0.124. The van der Waals surface area contributed by atoms with Gasteiger partial charge in [0.05, 0.1) is 0 Å². The highest BCUT2D eigenvalue weighted by Crippen LogP contribution is 2.32. The van der Waals surface area contributed by atoms with Gasteiger partial charge in [-0.3, -0.25) is 14.5 Å². The van der Waals surface area contributed by atoms with Crippen LogP contribution in [-0.2, 0) is 11.2 Å². The van der Waals surface area contributed by atoms with Crippen molar-refractivity contribution >= 4 is 17.5 Å². The number of hydrogen-bond acceptors (Lipinski definition) is 2. The van der Waals surface area contributed by atoms with Gasteiger partial charge >= 0.3 is 0 Å². The quantitative estimate of drug-likeness (QED) is 0.911. The summed E-state index contributed by atoms with van der Waals surface area (Å²) in [7, 11) is 0. The van der Waals surface area contributed by atoms with E-state index in [9.17, 15) is 14.0 Å². The van der Waals surface area contributed by atoms with Crippen LogP contribution in [0.3, 0.4) is 0 Å². The molecule has 128 valence electrons. The van der Waals surface area contributed by atoms with Crippen molar-refractivity contribution in [2.45, 2.75) is 19.4 Å². The Morgan fingerprint density at radius 3 is 2.44 bits per heavy atom. The van der Waals surface area contributed by atoms with Crippen LogP contribution in [0.4, 0.5) is 4.39 Å². The summed E-state index contributed by atoms with van der Waals surface area (Å²) in [6.45, 7) is 6.05. The van der Waals surface area contributed by atoms with Gasteiger partial charge in [-0.1, -0.05) is 36.9 Å². The lowest BCUT2D eigenvalue weighted by atomic mass is 10.1. The second kappa shape index (κ2) is 6.89. The third kappa shape index (κ3) is 3.31. The number of hydrogen-bond donors (Lipinski definition) is 1. The normalized spacial score (nSPS) is 14.4. The van der Waals surface area contributed by atoms with E-state index in [-0.39, 0.29) is 17.6 Å². The largest absolute Gasteiger partial charge is 0.354 e. The highest BCUT2D eigenvalue weighted by atomic mass is 19.1. The van der Waals surface area contributed by atoms with Crippen LogP contribution in [0.25, 0.3) is 5.70 Å². The average Bonchev–Trinajstić information content (AvgIpc) is 2.87. The van der Waals surface area contributed by atoms with Crippen molar-refractivity contribution in [2.24, 2.45) is 0 Å². The van der Waals surface area contributed by atoms with E-state index >= 15 is 0 Å². The van der Waals surface area contributed by atoms with Crippen molar-refractivity contribution in [3.63, 3.8) is 0 Å². The van der Waals surface area contributed by atoms with Gasteiger partial charge in [0.1, 0.15) is 11.9 Å². The molecule has 1 atom stereocenters. The summed E-state index contributed by atoms with van der Waals surface area (Å²) in [6, 6.07) is 12.7. The van der Waals surface area contributed by atoms with Crippen molar-refractivity contribution in [1.82, 2.24) is 10.2 Å². The monoisotopic (exact) mass is 338 g/mol. The van der Waals surface area contributed by atoms with Gasteiger partial charge in [0.25, 0.3) is 5.91 Å². The topological polar surface area (TPSA) is 49.4 Å². The molecule has 0 aromatic heterocycles. The van der Waals surface area contributed by atoms with E-state index in [0.717, 1.165) is 11.1 Å². The van der Waals surface area contributed by atoms with Crippen molar-refractivity contribution in [2.75, 3.05) is 6.54 Å². The number of rotatable bonds is 5. The Balaban J connectivity index is 1.60. The lowest BCUT2D eigenvalue weighted by Gasteiger charge is -2.24. The summed E-state index contributed by atoms with van der Waals surface area (Å²) < 4.78 is 12.9. The molecule has 1 aliphatic rings. The molecule has 0 saturated carbocycles. The fourth-order valence-electron chi connectivity index (χ4n) is 2.96. The van der Waals surface area contributed by atoms with Crippen LogP contribution in [0.2, 0.25) is 0 Å². The molecule has 3 rings (SSSR count). The zero-order chi connectivity index (χ0) is 18.0. The van der Waals surface area contributed by atoms with Crippen LogP contribution in [0, 0.1) is 5.82 Å². The Morgan fingerprint density at radius 1 is 1.16 bits per heavy atom. The Morgan fingerprint density at radius 2 is 1.80 bits per heavy atom. The molecule has 0 unspecified atom stereocenters. The fraction of sp³-hybridized carbons (Fsp3) is 0.200. The van der Waals surface area contributed by atoms with E-state index in [2.05, 4.69) is 11.9 Å². The van der Waals surface area contributed by atoms with Gasteiger partial charge in [0.2, 0.25) is 5.91 Å². The Kier molecular flexibility index (Phi) is 4.65. The van der Waals surface area contributed by atoms with Crippen LogP contribution in [0.5, 0.6) is 0 Å². The molecule has 0 bridgehead atoms. The van der Waals surface area contributed by atoms with E-state index in [4.69, 9.17) is 0 Å². The number of carbonyl (C=O) groups excluding carboxylic acids is 2. The van der Waals surface area contributed by atoms with E-state index in [1.54, 1.807) is 31.2 Å². The summed E-state index contributed by atoms with van der Waals surface area (Å²) in [5, 5.41) is 2.82. The number of halogens is 1. The van der Waals surface area contributed by atoms with Crippen LogP contribution < -0.4 is 5.32 Å². The number of amides is 2. The molecule has 1 heterocycles. The maximum Gasteiger partial charge on any atom is 0.259 e. The summed E-state index contributed by atoms with van der Waals surface area (Å²) in [4.78, 5) is 26.4. The SMILES string of the molecule is C=C1c2ccccc2C(=O)N1[C@@H](C)C(=O)NCCc1ccc(F)cc1. The van der Waals surface area contributed by atoms with Gasteiger partial charge in [0.15, 0.2) is 0 Å². The maximum atomic E-state index is 12.9. The van der Waals surface area contributed by atoms with Gasteiger partial charge < -0.3 is 5.32 Å². The zero-order valence-corrected chi connectivity index (χ0v) is 14.0. The molecule has 2 aromatic rings. The van der Waals surface area contributed by atoms with Crippen molar-refractivity contribution in [3.8, 4) is 0 Å². The smallest absolute Gasteiger partial charge is 0.259 e. The molecule has 5 heteroatoms. The van der Waals surface area contributed by atoms with Crippen molar-refractivity contribution < 1.29 is 14.0 Å². The predicted octanol–water partition coefficient (Wildman–Crippen LogP) is 3.00. The molecule has 0 fully saturated rings. The average molecular weight is 338 g/mol. The van der Waals surface area contributed by atoms with Gasteiger partial charge in [-0.05, 0) is 37.1 Å². The molecule has 2 aromatic carbocycles. The van der Waals surface area contributed by atoms with Crippen molar-refractivity contribution in [1.29, 1.82) is 0 Å². The molecule has 2 amide bonds. The van der Waals surface area contributed by atoms with E-state index in [1.165, 1.54) is 17.0 Å². The summed E-state index contributed by atoms with van der Waals surface area (Å²) >= 11 is 0. The van der Waals surface area contributed by atoms with Crippen molar-refractivity contribution in [3.05, 3.63) is 77.6 Å². The molecular formula is C20H19FN2O2. The first-order chi connectivity index (χ1) is 12.0. The third-order valence-electron chi connectivity index (χ3n) is 4.37. The Bertz CT molecular complexity index is 795. The van der Waals surface area contributed by atoms with E-state index < -0.39 is 6.04 Å². The standard InChI is InChI=1S/C20H19FN2O2/c1-13-17-5-3-4-6-18(17)20(25)23(13)14(2)19(24)22-12-11-15-7-9-16(21)10-8-15/h3-10,14H,1,11-12H2,2H3,(H,22,24)/t14-/m0/s1. The van der Waals surface area contributed by atoms with Gasteiger partial charge in [0, 0.05) is 23.4 Å². The molecule has 0 saturated heterocycles. The molecule has 0 spiro atoms. The van der Waals surface area contributed by atoms with Gasteiger partial charge in [-0.15, -0.1) is 0 Å². The highest BCUT2D eigenvalue weighted by molar-refractivity contribution is 6.10. The van der Waals surface area contributed by atoms with Crippen LogP contribution in [-0.4, -0.2) is 29.3 Å². The summed E-state index contributed by atoms with van der Waals surface area (Å²) in [6.07, 6.45) is 0.591. The van der Waals surface area contributed by atoms with Gasteiger partial charge in [-0.25, -0.2) is 4.39 Å². The molecule has 0 aliphatic carbocycles. The first-order valence-electron chi connectivity index (χ1n) is 8.13. The fourth-order valence-corrected chi connectivity index (χ4v) is 2.96. The number of nitrogens with zero attached hydrogens (tertiary/aromatic N) is 1. The zero-order valence-electron chi connectivity index (χ0n) is 14.0. The molecular weight excluding hydrogens is 319 g/mol. The minimum Gasteiger partial charge on any atom is -0.354 e. The predicted molar refractivity (Wildman–Crippen MR) is 94.2 cm³/mol. The first-order valence-corrected chi connectivity index (χ1v) is 8.13. The van der Waals surface area contributed by atoms with Crippen LogP contribution in [0.1, 0.15) is 28.4 Å². The van der Waals surface area contributed by atoms with E-state index in [1.807, 2.05) is 12.1 Å². The molecule has 25 heavy (non-hydrogen) atoms. The highest BCUT2D eigenvalue weighted by Gasteiger charge is 2.36. The number of benzene rings is 2. The molecule has 1 aliphatic heterocycles. The molecule has 4 nitrogen and oxygen atoms in total. The number of fused-ring (bicyclic) bond motifs is 1. The second-order valence-electron chi connectivity index (χ2n) is 6.01. The Labute approximate surface area is 146 Å². The van der Waals surface area contributed by atoms with E-state index in [0.29, 0.717) is 24.2 Å². The summed E-state index contributed by atoms with van der Waals surface area (Å²) in [5.74, 6) is -0.738. The lowest BCUT2D eigenvalue weighted by Crippen LogP contribution is -2.45. The Hall–Kier alpha value is -2.95. The maximum absolute atomic E-state index is 12.9. The van der Waals surface area contributed by atoms with Crippen LogP contribution >= 0.6 is 0 Å². The minimum absolute atomic E-state index is 0.207. The molecule has 0 radical (unpaired) electrons. The number of carbonyl (C=O) groups is 2.